The Morgan fingerprint density at radius 1 is 0.667 bits per heavy atom. The molecule has 18 heavy (non-hydrogen) atoms. The van der Waals surface area contributed by atoms with Gasteiger partial charge < -0.3 is 0 Å². The van der Waals surface area contributed by atoms with E-state index in [9.17, 15) is 0 Å². The Balaban J connectivity index is 3.13. The molecule has 1 N–H and O–H groups in total. The zero-order valence-corrected chi connectivity index (χ0v) is 12.3. The van der Waals surface area contributed by atoms with E-state index < -0.39 is 0 Å². The molecule has 0 saturated carbocycles. The number of hydrogen-bond donors (Lipinski definition) is 0. The standard InChI is InChI=1S/C17H32N/c1-2-3-4-5-6-7-8-9-10-11-12-13-14-15-16-17-18/h6-7,9-10,18H,2-5,8,11-17H2,1H3. The van der Waals surface area contributed by atoms with Gasteiger partial charge in [-0.1, -0.05) is 63.3 Å². The van der Waals surface area contributed by atoms with E-state index in [1.165, 1.54) is 57.8 Å². The van der Waals surface area contributed by atoms with Crippen molar-refractivity contribution < 1.29 is 0 Å². The summed E-state index contributed by atoms with van der Waals surface area (Å²) >= 11 is 0. The van der Waals surface area contributed by atoms with Gasteiger partial charge in [0.1, 0.15) is 0 Å². The minimum atomic E-state index is 0.602. The van der Waals surface area contributed by atoms with Gasteiger partial charge >= 0.3 is 0 Å². The summed E-state index contributed by atoms with van der Waals surface area (Å²) in [4.78, 5) is 0. The first-order valence-electron chi connectivity index (χ1n) is 7.86. The van der Waals surface area contributed by atoms with Crippen molar-refractivity contribution in [2.45, 2.75) is 77.6 Å². The Hall–Kier alpha value is -0.560. The van der Waals surface area contributed by atoms with Crippen LogP contribution in [-0.4, -0.2) is 6.54 Å². The molecule has 0 saturated heterocycles. The molecule has 0 fully saturated rings. The van der Waals surface area contributed by atoms with Crippen LogP contribution in [-0.2, 0) is 0 Å². The third kappa shape index (κ3) is 15.4. The maximum atomic E-state index is 7.05. The molecular weight excluding hydrogens is 218 g/mol. The second-order valence-electron chi connectivity index (χ2n) is 4.98. The zero-order chi connectivity index (χ0) is 13.3. The van der Waals surface area contributed by atoms with Crippen molar-refractivity contribution in [3.05, 3.63) is 24.3 Å². The molecule has 0 aromatic heterocycles. The maximum absolute atomic E-state index is 7.05. The van der Waals surface area contributed by atoms with Gasteiger partial charge in [0.25, 0.3) is 0 Å². The lowest BCUT2D eigenvalue weighted by Crippen LogP contribution is -1.84. The summed E-state index contributed by atoms with van der Waals surface area (Å²) in [6.07, 6.45) is 23.1. The minimum absolute atomic E-state index is 0.602. The molecule has 0 bridgehead atoms. The van der Waals surface area contributed by atoms with Crippen molar-refractivity contribution in [2.75, 3.05) is 6.54 Å². The van der Waals surface area contributed by atoms with Gasteiger partial charge in [0, 0.05) is 6.54 Å². The monoisotopic (exact) mass is 250 g/mol. The van der Waals surface area contributed by atoms with E-state index in [0.29, 0.717) is 6.54 Å². The predicted molar refractivity (Wildman–Crippen MR) is 82.7 cm³/mol. The molecule has 0 heterocycles. The van der Waals surface area contributed by atoms with Gasteiger partial charge in [0.2, 0.25) is 0 Å². The third-order valence-corrected chi connectivity index (χ3v) is 3.13. The summed E-state index contributed by atoms with van der Waals surface area (Å²) in [6, 6.07) is 0. The highest BCUT2D eigenvalue weighted by molar-refractivity contribution is 4.92. The molecule has 105 valence electrons. The van der Waals surface area contributed by atoms with Crippen molar-refractivity contribution in [3.8, 4) is 0 Å². The van der Waals surface area contributed by atoms with E-state index in [0.717, 1.165) is 12.8 Å². The van der Waals surface area contributed by atoms with Crippen LogP contribution in [0.15, 0.2) is 24.3 Å². The van der Waals surface area contributed by atoms with Crippen LogP contribution in [0.5, 0.6) is 0 Å². The Morgan fingerprint density at radius 3 is 1.83 bits per heavy atom. The molecule has 1 nitrogen and oxygen atoms in total. The van der Waals surface area contributed by atoms with Gasteiger partial charge in [-0.2, -0.15) is 0 Å². The second-order valence-corrected chi connectivity index (χ2v) is 4.98. The highest BCUT2D eigenvalue weighted by Crippen LogP contribution is 2.06. The zero-order valence-electron chi connectivity index (χ0n) is 12.3. The van der Waals surface area contributed by atoms with Crippen LogP contribution in [0.3, 0.4) is 0 Å². The molecule has 0 aliphatic rings. The van der Waals surface area contributed by atoms with Gasteiger partial charge in [0.05, 0.1) is 0 Å². The van der Waals surface area contributed by atoms with Crippen LogP contribution >= 0.6 is 0 Å². The molecule has 0 aliphatic carbocycles. The van der Waals surface area contributed by atoms with Crippen molar-refractivity contribution in [2.24, 2.45) is 0 Å². The summed E-state index contributed by atoms with van der Waals surface area (Å²) in [5.74, 6) is 0. The fraction of sp³-hybridized carbons (Fsp3) is 0.765. The average Bonchev–Trinajstić information content (AvgIpc) is 2.39. The van der Waals surface area contributed by atoms with Crippen LogP contribution < -0.4 is 5.73 Å². The van der Waals surface area contributed by atoms with Crippen LogP contribution in [0.1, 0.15) is 77.6 Å². The minimum Gasteiger partial charge on any atom is -0.258 e. The fourth-order valence-electron chi connectivity index (χ4n) is 1.94. The summed E-state index contributed by atoms with van der Waals surface area (Å²) in [7, 11) is 0. The highest BCUT2D eigenvalue weighted by Gasteiger charge is 1.87. The second kappa shape index (κ2) is 16.4. The van der Waals surface area contributed by atoms with E-state index >= 15 is 0 Å². The molecule has 0 aromatic carbocycles. The quantitative estimate of drug-likeness (QED) is 0.296. The maximum Gasteiger partial charge on any atom is 0.00997 e. The van der Waals surface area contributed by atoms with Crippen LogP contribution in [0.4, 0.5) is 0 Å². The van der Waals surface area contributed by atoms with Crippen molar-refractivity contribution in [3.63, 3.8) is 0 Å². The number of unbranched alkanes of at least 4 members (excludes halogenated alkanes) is 8. The largest absolute Gasteiger partial charge is 0.258 e. The lowest BCUT2D eigenvalue weighted by atomic mass is 10.1. The van der Waals surface area contributed by atoms with E-state index in [1.54, 1.807) is 0 Å². The first-order valence-corrected chi connectivity index (χ1v) is 7.86. The third-order valence-electron chi connectivity index (χ3n) is 3.13. The molecule has 0 aromatic rings. The van der Waals surface area contributed by atoms with Gasteiger partial charge in [-0.3, -0.25) is 5.73 Å². The van der Waals surface area contributed by atoms with E-state index in [4.69, 9.17) is 5.73 Å². The molecular formula is C17H32N. The Bertz CT molecular complexity index is 194. The van der Waals surface area contributed by atoms with Crippen LogP contribution in [0, 0.1) is 0 Å². The molecule has 0 unspecified atom stereocenters. The molecule has 0 rings (SSSR count). The fourth-order valence-corrected chi connectivity index (χ4v) is 1.94. The molecule has 1 heteroatoms. The van der Waals surface area contributed by atoms with Gasteiger partial charge in [-0.15, -0.1) is 0 Å². The topological polar surface area (TPSA) is 23.8 Å². The van der Waals surface area contributed by atoms with Crippen molar-refractivity contribution >= 4 is 0 Å². The van der Waals surface area contributed by atoms with Crippen molar-refractivity contribution in [1.29, 1.82) is 0 Å². The van der Waals surface area contributed by atoms with Gasteiger partial charge in [0.15, 0.2) is 0 Å². The summed E-state index contributed by atoms with van der Waals surface area (Å²) in [6.45, 7) is 2.85. The molecule has 0 amide bonds. The van der Waals surface area contributed by atoms with Gasteiger partial charge in [-0.25, -0.2) is 0 Å². The number of nitrogens with one attached hydrogen (secondary N) is 1. The number of hydrogen-bond acceptors (Lipinski definition) is 0. The van der Waals surface area contributed by atoms with Crippen LogP contribution in [0.2, 0.25) is 0 Å². The lowest BCUT2D eigenvalue weighted by molar-refractivity contribution is 0.619. The Kier molecular flexibility index (Phi) is 15.9. The Labute approximate surface area is 115 Å². The number of rotatable bonds is 13. The average molecular weight is 250 g/mol. The normalized spacial score (nSPS) is 11.9. The van der Waals surface area contributed by atoms with Crippen LogP contribution in [0.25, 0.3) is 0 Å². The van der Waals surface area contributed by atoms with Gasteiger partial charge in [-0.05, 0) is 38.5 Å². The lowest BCUT2D eigenvalue weighted by Gasteiger charge is -1.97. The molecule has 0 atom stereocenters. The van der Waals surface area contributed by atoms with E-state index in [2.05, 4.69) is 31.2 Å². The SMILES string of the molecule is CCCCCC=CCC=CCCCCCCC[NH]. The smallest absolute Gasteiger partial charge is 0.00997 e. The first kappa shape index (κ1) is 17.4. The molecule has 0 spiro atoms. The van der Waals surface area contributed by atoms with E-state index in [-0.39, 0.29) is 0 Å². The molecule has 0 aliphatic heterocycles. The van der Waals surface area contributed by atoms with Crippen molar-refractivity contribution in [1.82, 2.24) is 5.73 Å². The molecule has 1 radical (unpaired) electrons. The number of allylic oxidation sites excluding steroid dienone is 4. The predicted octanol–water partition coefficient (Wildman–Crippen LogP) is 5.69. The summed E-state index contributed by atoms with van der Waals surface area (Å²) in [5.41, 5.74) is 7.05. The Morgan fingerprint density at radius 2 is 1.22 bits per heavy atom. The highest BCUT2D eigenvalue weighted by atomic mass is 14.5. The van der Waals surface area contributed by atoms with E-state index in [1.807, 2.05) is 0 Å². The first-order chi connectivity index (χ1) is 8.91. The summed E-state index contributed by atoms with van der Waals surface area (Å²) in [5, 5.41) is 0. The summed E-state index contributed by atoms with van der Waals surface area (Å²) < 4.78 is 0.